The average molecular weight is 344 g/mol. The van der Waals surface area contributed by atoms with Crippen LogP contribution < -0.4 is 10.2 Å². The lowest BCUT2D eigenvalue weighted by atomic mass is 10.1. The second kappa shape index (κ2) is 7.64. The Hall–Kier alpha value is -3.82. The summed E-state index contributed by atoms with van der Waals surface area (Å²) in [5, 5.41) is 25.1. The summed E-state index contributed by atoms with van der Waals surface area (Å²) in [6, 6.07) is 9.13. The lowest BCUT2D eigenvalue weighted by molar-refractivity contribution is -0.385. The van der Waals surface area contributed by atoms with Gasteiger partial charge in [0.25, 0.3) is 17.3 Å². The van der Waals surface area contributed by atoms with Gasteiger partial charge in [-0.15, -0.1) is 0 Å². The number of nitro groups is 2. The Balaban J connectivity index is 2.12. The number of carbonyl (C=O) groups is 1. The van der Waals surface area contributed by atoms with Crippen LogP contribution in [0, 0.1) is 20.2 Å². The molecule has 0 bridgehead atoms. The molecule has 0 atom stereocenters. The molecule has 0 saturated heterocycles. The number of carbonyl (C=O) groups excluding carboxylic acids is 1. The van der Waals surface area contributed by atoms with Crippen molar-refractivity contribution in [3.8, 4) is 5.75 Å². The van der Waals surface area contributed by atoms with Crippen molar-refractivity contribution in [1.82, 2.24) is 5.43 Å². The van der Waals surface area contributed by atoms with Crippen LogP contribution >= 0.6 is 0 Å². The zero-order chi connectivity index (χ0) is 18.4. The van der Waals surface area contributed by atoms with E-state index in [9.17, 15) is 25.0 Å². The predicted octanol–water partition coefficient (Wildman–Crippen LogP) is 2.28. The lowest BCUT2D eigenvalue weighted by Crippen LogP contribution is -2.18. The van der Waals surface area contributed by atoms with E-state index in [-0.39, 0.29) is 22.7 Å². The molecular weight excluding hydrogens is 332 g/mol. The summed E-state index contributed by atoms with van der Waals surface area (Å²) in [4.78, 5) is 32.3. The first-order valence-corrected chi connectivity index (χ1v) is 6.82. The number of nitrogens with one attached hydrogen (secondary N) is 1. The molecule has 0 heterocycles. The summed E-state index contributed by atoms with van der Waals surface area (Å²) in [5.74, 6) is -0.535. The normalized spacial score (nSPS) is 10.4. The van der Waals surface area contributed by atoms with E-state index < -0.39 is 15.8 Å². The molecule has 10 nitrogen and oxygen atoms in total. The molecule has 0 radical (unpaired) electrons. The molecule has 10 heteroatoms. The molecule has 1 amide bonds. The summed E-state index contributed by atoms with van der Waals surface area (Å²) < 4.78 is 5.00. The quantitative estimate of drug-likeness (QED) is 0.485. The summed E-state index contributed by atoms with van der Waals surface area (Å²) in [5.41, 5.74) is 2.37. The number of benzene rings is 2. The molecule has 128 valence electrons. The van der Waals surface area contributed by atoms with Crippen LogP contribution in [0.15, 0.2) is 47.6 Å². The van der Waals surface area contributed by atoms with Gasteiger partial charge in [0, 0.05) is 24.3 Å². The smallest absolute Gasteiger partial charge is 0.275 e. The number of nitrogens with zero attached hydrogens (tertiary/aromatic N) is 3. The summed E-state index contributed by atoms with van der Waals surface area (Å²) in [6.07, 6.45) is 1.28. The lowest BCUT2D eigenvalue weighted by Gasteiger charge is -2.06. The number of methoxy groups -OCH3 is 1. The van der Waals surface area contributed by atoms with Gasteiger partial charge in [0.05, 0.1) is 28.7 Å². The maximum atomic E-state index is 12.1. The zero-order valence-electron chi connectivity index (χ0n) is 12.9. The Morgan fingerprint density at radius 3 is 2.24 bits per heavy atom. The maximum absolute atomic E-state index is 12.1. The second-order valence-electron chi connectivity index (χ2n) is 4.69. The highest BCUT2D eigenvalue weighted by Gasteiger charge is 2.17. The number of amides is 1. The number of hydrogen-bond donors (Lipinski definition) is 1. The van der Waals surface area contributed by atoms with Gasteiger partial charge in [0.1, 0.15) is 5.75 Å². The molecule has 0 aliphatic carbocycles. The Morgan fingerprint density at radius 2 is 1.68 bits per heavy atom. The van der Waals surface area contributed by atoms with Gasteiger partial charge < -0.3 is 4.74 Å². The van der Waals surface area contributed by atoms with Crippen molar-refractivity contribution in [1.29, 1.82) is 0 Å². The summed E-state index contributed by atoms with van der Waals surface area (Å²) in [6.45, 7) is 0. The molecule has 2 rings (SSSR count). The predicted molar refractivity (Wildman–Crippen MR) is 87.8 cm³/mol. The van der Waals surface area contributed by atoms with Crippen molar-refractivity contribution < 1.29 is 19.4 Å². The van der Waals surface area contributed by atoms with Crippen LogP contribution in [0.25, 0.3) is 0 Å². The fourth-order valence-electron chi connectivity index (χ4n) is 1.89. The Labute approximate surface area is 141 Å². The van der Waals surface area contributed by atoms with Gasteiger partial charge in [-0.05, 0) is 23.8 Å². The minimum atomic E-state index is -0.696. The van der Waals surface area contributed by atoms with Gasteiger partial charge in [-0.3, -0.25) is 25.0 Å². The molecule has 0 aliphatic heterocycles. The van der Waals surface area contributed by atoms with Crippen molar-refractivity contribution in [2.75, 3.05) is 7.11 Å². The average Bonchev–Trinajstić information content (AvgIpc) is 2.61. The molecule has 1 N–H and O–H groups in total. The van der Waals surface area contributed by atoms with Gasteiger partial charge in [-0.25, -0.2) is 5.43 Å². The van der Waals surface area contributed by atoms with Gasteiger partial charge in [-0.2, -0.15) is 5.10 Å². The monoisotopic (exact) mass is 344 g/mol. The minimum absolute atomic E-state index is 0.0439. The van der Waals surface area contributed by atoms with E-state index in [0.29, 0.717) is 5.56 Å². The number of ether oxygens (including phenoxy) is 1. The van der Waals surface area contributed by atoms with Gasteiger partial charge in [0.2, 0.25) is 0 Å². The first-order valence-electron chi connectivity index (χ1n) is 6.82. The Kier molecular flexibility index (Phi) is 5.36. The van der Waals surface area contributed by atoms with Crippen LogP contribution in [-0.4, -0.2) is 29.1 Å². The summed E-state index contributed by atoms with van der Waals surface area (Å²) in [7, 11) is 1.33. The van der Waals surface area contributed by atoms with E-state index in [0.717, 1.165) is 6.07 Å². The molecule has 0 saturated carbocycles. The van der Waals surface area contributed by atoms with Crippen LogP contribution in [-0.2, 0) is 0 Å². The molecular formula is C15H12N4O6. The van der Waals surface area contributed by atoms with Crippen molar-refractivity contribution in [2.24, 2.45) is 5.10 Å². The number of rotatable bonds is 6. The minimum Gasteiger partial charge on any atom is -0.496 e. The molecule has 0 unspecified atom stereocenters. The first-order chi connectivity index (χ1) is 11.9. The number of nitro benzene ring substituents is 2. The van der Waals surface area contributed by atoms with Crippen molar-refractivity contribution in [3.63, 3.8) is 0 Å². The highest BCUT2D eigenvalue weighted by molar-refractivity contribution is 5.98. The van der Waals surface area contributed by atoms with E-state index in [1.807, 2.05) is 0 Å². The Morgan fingerprint density at radius 1 is 1.08 bits per heavy atom. The summed E-state index contributed by atoms with van der Waals surface area (Å²) >= 11 is 0. The van der Waals surface area contributed by atoms with Gasteiger partial charge in [0.15, 0.2) is 0 Å². The van der Waals surface area contributed by atoms with E-state index in [2.05, 4.69) is 10.5 Å². The molecule has 0 fully saturated rings. The third-order valence-corrected chi connectivity index (χ3v) is 3.12. The maximum Gasteiger partial charge on any atom is 0.275 e. The van der Waals surface area contributed by atoms with Crippen molar-refractivity contribution in [2.45, 2.75) is 0 Å². The third kappa shape index (κ3) is 4.34. The van der Waals surface area contributed by atoms with Crippen molar-refractivity contribution in [3.05, 3.63) is 73.8 Å². The van der Waals surface area contributed by atoms with Crippen LogP contribution in [0.1, 0.15) is 15.9 Å². The van der Waals surface area contributed by atoms with Crippen LogP contribution in [0.3, 0.4) is 0 Å². The SMILES string of the molecule is COc1ccc([N+](=O)[O-])cc1C(=O)N/N=C\c1ccc([N+](=O)[O-])cc1. The van der Waals surface area contributed by atoms with Gasteiger partial charge >= 0.3 is 0 Å². The van der Waals surface area contributed by atoms with E-state index in [1.165, 1.54) is 49.7 Å². The molecule has 0 spiro atoms. The molecule has 25 heavy (non-hydrogen) atoms. The molecule has 0 aliphatic rings. The highest BCUT2D eigenvalue weighted by atomic mass is 16.6. The largest absolute Gasteiger partial charge is 0.496 e. The van der Waals surface area contributed by atoms with Crippen LogP contribution in [0.4, 0.5) is 11.4 Å². The zero-order valence-corrected chi connectivity index (χ0v) is 12.9. The topological polar surface area (TPSA) is 137 Å². The Bertz CT molecular complexity index is 848. The fraction of sp³-hybridized carbons (Fsp3) is 0.0667. The highest BCUT2D eigenvalue weighted by Crippen LogP contribution is 2.23. The number of non-ortho nitro benzene ring substituents is 2. The third-order valence-electron chi connectivity index (χ3n) is 3.12. The standard InChI is InChI=1S/C15H12N4O6/c1-25-14-7-6-12(19(23)24)8-13(14)15(20)17-16-9-10-2-4-11(5-3-10)18(21)22/h2-9H,1H3,(H,17,20)/b16-9-. The fourth-order valence-corrected chi connectivity index (χ4v) is 1.89. The second-order valence-corrected chi connectivity index (χ2v) is 4.69. The van der Waals surface area contributed by atoms with Gasteiger partial charge in [-0.1, -0.05) is 0 Å². The number of hydrazone groups is 1. The first kappa shape index (κ1) is 17.5. The van der Waals surface area contributed by atoms with E-state index >= 15 is 0 Å². The van der Waals surface area contributed by atoms with E-state index in [4.69, 9.17) is 4.74 Å². The van der Waals surface area contributed by atoms with Crippen molar-refractivity contribution >= 4 is 23.5 Å². The number of hydrogen-bond acceptors (Lipinski definition) is 7. The molecule has 2 aromatic carbocycles. The van der Waals surface area contributed by atoms with Crippen LogP contribution in [0.2, 0.25) is 0 Å². The van der Waals surface area contributed by atoms with Crippen LogP contribution in [0.5, 0.6) is 5.75 Å². The molecule has 0 aromatic heterocycles. The van der Waals surface area contributed by atoms with E-state index in [1.54, 1.807) is 0 Å². The molecule has 2 aromatic rings.